The molecule has 0 aliphatic heterocycles. The Morgan fingerprint density at radius 1 is 0.216 bits per heavy atom. The fourth-order valence-electron chi connectivity index (χ4n) is 9.34. The first kappa shape index (κ1) is 99.5. The van der Waals surface area contributed by atoms with E-state index in [1.807, 2.05) is 0 Å². The van der Waals surface area contributed by atoms with Crippen LogP contribution in [-0.2, 0) is 123 Å². The summed E-state index contributed by atoms with van der Waals surface area (Å²) in [6, 6.07) is 0. The van der Waals surface area contributed by atoms with Gasteiger partial charge in [0.1, 0.15) is 0 Å². The zero-order chi connectivity index (χ0) is 73.4. The predicted molar refractivity (Wildman–Crippen MR) is 383 cm³/mol. The molecule has 0 saturated heterocycles. The molecular weight excluding hydrogens is 1340 g/mol. The molecule has 0 heterocycles. The molecule has 0 radical (unpaired) electrons. The van der Waals surface area contributed by atoms with Crippen LogP contribution in [0.2, 0.25) is 0 Å². The lowest BCUT2D eigenvalue weighted by molar-refractivity contribution is -0.138. The first-order valence-corrected chi connectivity index (χ1v) is 38.5. The maximum absolute atomic E-state index is 13.2. The van der Waals surface area contributed by atoms with Gasteiger partial charge in [-0.15, -0.1) is 0 Å². The van der Waals surface area contributed by atoms with Crippen molar-refractivity contribution in [1.82, 2.24) is 5.32 Å². The second-order valence-corrected chi connectivity index (χ2v) is 23.6. The lowest BCUT2D eigenvalue weighted by Gasteiger charge is -2.17. The van der Waals surface area contributed by atoms with Gasteiger partial charge in [-0.3, -0.25) is 14.4 Å². The van der Waals surface area contributed by atoms with Gasteiger partial charge in [-0.2, -0.15) is 0 Å². The van der Waals surface area contributed by atoms with E-state index in [4.69, 9.17) is 119 Å². The van der Waals surface area contributed by atoms with Crippen molar-refractivity contribution in [2.24, 2.45) is 5.92 Å². The largest absolute Gasteiger partial charge is 0.481 e. The van der Waals surface area contributed by atoms with Crippen LogP contribution in [0.1, 0.15) is 142 Å². The standard InChI is InChI=1S/C73H143NO28/c1-2-24-80-26-28-82-30-32-84-34-36-86-38-40-88-42-44-90-46-48-92-50-52-94-54-56-96-58-60-98-62-64-100-66-68-102-69-67-101-65-63-99-61-59-97-57-55-95-53-51-93-49-47-91-45-43-89-41-39-87-37-35-85-33-31-83-29-27-81-25-23-74-73(79)70(19-15-11-7-3-5-9-13-17-21-71(75)76)20-16-12-8-4-6-10-14-18-22-72(77)78/h70H,2-69H2,1H3,(H,74,79)(H,75,76)(H,77,78). The van der Waals surface area contributed by atoms with Gasteiger partial charge < -0.3 is 124 Å². The molecular formula is C73H143NO28. The minimum atomic E-state index is -0.722. The summed E-state index contributed by atoms with van der Waals surface area (Å²) in [6.07, 6.45) is 20.0. The van der Waals surface area contributed by atoms with Crippen LogP contribution in [-0.4, -0.2) is 339 Å². The van der Waals surface area contributed by atoms with Crippen LogP contribution >= 0.6 is 0 Å². The highest BCUT2D eigenvalue weighted by atomic mass is 16.6. The first-order chi connectivity index (χ1) is 50.5. The maximum Gasteiger partial charge on any atom is 0.303 e. The van der Waals surface area contributed by atoms with Crippen molar-refractivity contribution in [3.8, 4) is 0 Å². The summed E-state index contributed by atoms with van der Waals surface area (Å²) in [5.74, 6) is -1.34. The predicted octanol–water partition coefficient (Wildman–Crippen LogP) is 7.48. The zero-order valence-corrected chi connectivity index (χ0v) is 63.2. The van der Waals surface area contributed by atoms with Crippen molar-refractivity contribution in [2.45, 2.75) is 142 Å². The number of aliphatic carboxylic acids is 2. The fourth-order valence-corrected chi connectivity index (χ4v) is 9.34. The SMILES string of the molecule is CCCOCCOCCOCCOCCOCCOCCOCCOCCOCCOCCOCCOCCOCCOCCOCCOCCOCCOCCOCCOCCOCCOCCOCCNC(=O)C(CCCCCCCCCCC(=O)O)CCCCCCCCCCC(=O)O. The van der Waals surface area contributed by atoms with Crippen LogP contribution in [0.5, 0.6) is 0 Å². The number of nitrogens with one attached hydrogen (secondary N) is 1. The number of ether oxygens (including phenoxy) is 23. The van der Waals surface area contributed by atoms with E-state index in [1.165, 1.54) is 0 Å². The molecule has 0 aromatic heterocycles. The number of carboxylic acid groups (broad SMARTS) is 2. The summed E-state index contributed by atoms with van der Waals surface area (Å²) in [7, 11) is 0. The van der Waals surface area contributed by atoms with Gasteiger partial charge >= 0.3 is 11.9 Å². The first-order valence-electron chi connectivity index (χ1n) is 38.5. The summed E-state index contributed by atoms with van der Waals surface area (Å²) in [5.41, 5.74) is 0. The number of carbonyl (C=O) groups is 3. The van der Waals surface area contributed by atoms with Gasteiger partial charge in [0.2, 0.25) is 5.91 Å². The van der Waals surface area contributed by atoms with Crippen LogP contribution in [0.25, 0.3) is 0 Å². The van der Waals surface area contributed by atoms with Crippen molar-refractivity contribution in [1.29, 1.82) is 0 Å². The Balaban J connectivity index is 3.36. The number of hydrogen-bond acceptors (Lipinski definition) is 26. The summed E-state index contributed by atoms with van der Waals surface area (Å²) in [4.78, 5) is 34.6. The van der Waals surface area contributed by atoms with Crippen LogP contribution in [0.15, 0.2) is 0 Å². The Labute approximate surface area is 612 Å². The second-order valence-electron chi connectivity index (χ2n) is 23.6. The van der Waals surface area contributed by atoms with Crippen LogP contribution in [0, 0.1) is 5.92 Å². The Morgan fingerprint density at radius 2 is 0.363 bits per heavy atom. The number of carboxylic acids is 2. The van der Waals surface area contributed by atoms with Crippen LogP contribution in [0.3, 0.4) is 0 Å². The number of rotatable bonds is 94. The molecule has 0 rings (SSSR count). The number of carbonyl (C=O) groups excluding carboxylic acids is 1. The van der Waals surface area contributed by atoms with E-state index in [-0.39, 0.29) is 24.7 Å². The molecule has 0 unspecified atom stereocenters. The van der Waals surface area contributed by atoms with Gasteiger partial charge in [0.15, 0.2) is 0 Å². The van der Waals surface area contributed by atoms with E-state index in [1.54, 1.807) is 0 Å². The quantitative estimate of drug-likeness (QED) is 0.0497. The van der Waals surface area contributed by atoms with Gasteiger partial charge in [0, 0.05) is 31.9 Å². The highest BCUT2D eigenvalue weighted by molar-refractivity contribution is 5.78. The third-order valence-corrected chi connectivity index (χ3v) is 14.8. The Bertz CT molecular complexity index is 1590. The third-order valence-electron chi connectivity index (χ3n) is 14.8. The summed E-state index contributed by atoms with van der Waals surface area (Å²) in [5, 5.41) is 20.7. The molecule has 1 amide bonds. The van der Waals surface area contributed by atoms with Gasteiger partial charge in [0.25, 0.3) is 0 Å². The molecule has 608 valence electrons. The molecule has 3 N–H and O–H groups in total. The summed E-state index contributed by atoms with van der Waals surface area (Å²) in [6.45, 7) is 25.2. The molecule has 0 aliphatic carbocycles. The van der Waals surface area contributed by atoms with Crippen molar-refractivity contribution in [3.05, 3.63) is 0 Å². The van der Waals surface area contributed by atoms with Gasteiger partial charge in [-0.25, -0.2) is 0 Å². The van der Waals surface area contributed by atoms with Crippen molar-refractivity contribution < 1.29 is 134 Å². The molecule has 0 aliphatic rings. The Hall–Kier alpha value is -2.51. The van der Waals surface area contributed by atoms with E-state index in [0.29, 0.717) is 304 Å². The number of unbranched alkanes of at least 4 members (excludes halogenated alkanes) is 14. The molecule has 0 spiro atoms. The average molecular weight is 1480 g/mol. The molecule has 102 heavy (non-hydrogen) atoms. The van der Waals surface area contributed by atoms with Gasteiger partial charge in [-0.1, -0.05) is 96.8 Å². The molecule has 0 saturated carbocycles. The van der Waals surface area contributed by atoms with Gasteiger partial charge in [-0.05, 0) is 32.1 Å². The molecule has 0 atom stereocenters. The molecule has 29 nitrogen and oxygen atoms in total. The van der Waals surface area contributed by atoms with E-state index in [9.17, 15) is 14.4 Å². The normalized spacial score (nSPS) is 11.7. The zero-order valence-electron chi connectivity index (χ0n) is 63.2. The highest BCUT2D eigenvalue weighted by Crippen LogP contribution is 2.20. The van der Waals surface area contributed by atoms with Crippen molar-refractivity contribution >= 4 is 17.8 Å². The lowest BCUT2D eigenvalue weighted by atomic mass is 9.93. The monoisotopic (exact) mass is 1480 g/mol. The Kier molecular flexibility index (Phi) is 88.6. The average Bonchev–Trinajstić information content (AvgIpc) is 1.13. The Morgan fingerprint density at radius 3 is 0.529 bits per heavy atom. The molecule has 0 fully saturated rings. The minimum absolute atomic E-state index is 0.00162. The molecule has 29 heteroatoms. The van der Waals surface area contributed by atoms with E-state index >= 15 is 0 Å². The van der Waals surface area contributed by atoms with Crippen LogP contribution in [0.4, 0.5) is 0 Å². The lowest BCUT2D eigenvalue weighted by Crippen LogP contribution is -2.33. The maximum atomic E-state index is 13.2. The molecule has 0 bridgehead atoms. The minimum Gasteiger partial charge on any atom is -0.481 e. The topological polar surface area (TPSA) is 316 Å². The van der Waals surface area contributed by atoms with E-state index in [0.717, 1.165) is 129 Å². The fraction of sp³-hybridized carbons (Fsp3) is 0.959. The van der Waals surface area contributed by atoms with Crippen LogP contribution < -0.4 is 5.32 Å². The number of hydrogen-bond donors (Lipinski definition) is 3. The van der Waals surface area contributed by atoms with Gasteiger partial charge in [0.05, 0.1) is 297 Å². The second kappa shape index (κ2) is 90.9. The smallest absolute Gasteiger partial charge is 0.303 e. The summed E-state index contributed by atoms with van der Waals surface area (Å²) >= 11 is 0. The summed E-state index contributed by atoms with van der Waals surface area (Å²) < 4.78 is 127. The highest BCUT2D eigenvalue weighted by Gasteiger charge is 2.18. The third kappa shape index (κ3) is 89.9. The number of amides is 1. The molecule has 0 aromatic rings. The van der Waals surface area contributed by atoms with E-state index < -0.39 is 11.9 Å². The van der Waals surface area contributed by atoms with E-state index in [2.05, 4.69) is 12.2 Å². The van der Waals surface area contributed by atoms with Crippen molar-refractivity contribution in [2.75, 3.05) is 310 Å². The molecule has 0 aromatic carbocycles. The van der Waals surface area contributed by atoms with Crippen molar-refractivity contribution in [3.63, 3.8) is 0 Å².